The van der Waals surface area contributed by atoms with E-state index in [-0.39, 0.29) is 16.8 Å². The molecule has 4 heteroatoms. The number of carbonyl (C=O) groups excluding carboxylic acids is 1. The molecule has 0 aliphatic carbocycles. The molecule has 0 aliphatic rings. The van der Waals surface area contributed by atoms with Crippen molar-refractivity contribution in [2.75, 3.05) is 0 Å². The number of halogens is 2. The lowest BCUT2D eigenvalue weighted by Gasteiger charge is -2.17. The van der Waals surface area contributed by atoms with Crippen LogP contribution >= 0.6 is 31.9 Å². The molecule has 2 nitrogen and oxygen atoms in total. The van der Waals surface area contributed by atoms with E-state index in [1.165, 1.54) is 0 Å². The summed E-state index contributed by atoms with van der Waals surface area (Å²) in [7, 11) is 0. The Balaban J connectivity index is 2.81. The highest BCUT2D eigenvalue weighted by Crippen LogP contribution is 2.16. The fourth-order valence-corrected chi connectivity index (χ4v) is 1.89. The van der Waals surface area contributed by atoms with Crippen molar-refractivity contribution in [1.29, 1.82) is 0 Å². The molecule has 0 aromatic heterocycles. The van der Waals surface area contributed by atoms with E-state index in [1.54, 1.807) is 0 Å². The molecule has 1 unspecified atom stereocenters. The maximum absolute atomic E-state index is 11.9. The Hall–Kier alpha value is -0.350. The van der Waals surface area contributed by atoms with Gasteiger partial charge in [-0.2, -0.15) is 0 Å². The van der Waals surface area contributed by atoms with Crippen molar-refractivity contribution < 1.29 is 4.79 Å². The first-order valence-corrected chi connectivity index (χ1v) is 6.83. The molecular weight excluding hydrogens is 334 g/mol. The smallest absolute Gasteiger partial charge is 0.251 e. The molecule has 16 heavy (non-hydrogen) atoms. The molecule has 0 saturated heterocycles. The van der Waals surface area contributed by atoms with Gasteiger partial charge < -0.3 is 5.32 Å². The third-order valence-corrected chi connectivity index (χ3v) is 3.77. The van der Waals surface area contributed by atoms with Crippen LogP contribution in [-0.2, 0) is 0 Å². The number of carbonyl (C=O) groups is 1. The molecule has 1 N–H and O–H groups in total. The number of alkyl halides is 1. The predicted octanol–water partition coefficient (Wildman–Crippen LogP) is 3.66. The van der Waals surface area contributed by atoms with Gasteiger partial charge in [0.2, 0.25) is 0 Å². The van der Waals surface area contributed by atoms with E-state index in [0.29, 0.717) is 0 Å². The SMILES string of the molecule is Cc1cc(Br)ccc1C(=O)NC(C)[C@H](C)Br. The topological polar surface area (TPSA) is 29.1 Å². The third kappa shape index (κ3) is 3.59. The number of rotatable bonds is 3. The minimum absolute atomic E-state index is 0.0243. The molecule has 1 amide bonds. The highest BCUT2D eigenvalue weighted by Gasteiger charge is 2.14. The Labute approximate surface area is 113 Å². The van der Waals surface area contributed by atoms with Gasteiger partial charge >= 0.3 is 0 Å². The van der Waals surface area contributed by atoms with Crippen LogP contribution in [-0.4, -0.2) is 16.8 Å². The van der Waals surface area contributed by atoms with E-state index in [2.05, 4.69) is 37.2 Å². The Morgan fingerprint density at radius 2 is 2.00 bits per heavy atom. The van der Waals surface area contributed by atoms with E-state index in [9.17, 15) is 4.79 Å². The molecule has 0 heterocycles. The number of hydrogen-bond donors (Lipinski definition) is 1. The molecule has 1 rings (SSSR count). The molecule has 0 aliphatic heterocycles. The normalized spacial score (nSPS) is 14.3. The van der Waals surface area contributed by atoms with E-state index >= 15 is 0 Å². The lowest BCUT2D eigenvalue weighted by Crippen LogP contribution is -2.37. The van der Waals surface area contributed by atoms with Crippen molar-refractivity contribution in [2.45, 2.75) is 31.6 Å². The molecular formula is C12H15Br2NO. The van der Waals surface area contributed by atoms with Gasteiger partial charge in [-0.1, -0.05) is 38.8 Å². The van der Waals surface area contributed by atoms with Gasteiger partial charge in [-0.15, -0.1) is 0 Å². The Morgan fingerprint density at radius 1 is 1.38 bits per heavy atom. The summed E-state index contributed by atoms with van der Waals surface area (Å²) in [6.07, 6.45) is 0. The molecule has 0 bridgehead atoms. The van der Waals surface area contributed by atoms with Gasteiger partial charge in [-0.3, -0.25) is 4.79 Å². The van der Waals surface area contributed by atoms with E-state index in [4.69, 9.17) is 0 Å². The summed E-state index contributed by atoms with van der Waals surface area (Å²) in [6, 6.07) is 5.76. The van der Waals surface area contributed by atoms with Crippen molar-refractivity contribution in [2.24, 2.45) is 0 Å². The highest BCUT2D eigenvalue weighted by molar-refractivity contribution is 9.10. The second-order valence-electron chi connectivity index (χ2n) is 3.90. The van der Waals surface area contributed by atoms with Crippen molar-refractivity contribution in [3.05, 3.63) is 33.8 Å². The van der Waals surface area contributed by atoms with Crippen LogP contribution in [0.2, 0.25) is 0 Å². The molecule has 2 atom stereocenters. The van der Waals surface area contributed by atoms with Crippen LogP contribution < -0.4 is 5.32 Å². The maximum Gasteiger partial charge on any atom is 0.251 e. The van der Waals surface area contributed by atoms with Crippen LogP contribution in [0.25, 0.3) is 0 Å². The average molecular weight is 349 g/mol. The minimum Gasteiger partial charge on any atom is -0.348 e. The summed E-state index contributed by atoms with van der Waals surface area (Å²) in [5.74, 6) is -0.0243. The second-order valence-corrected chi connectivity index (χ2v) is 6.26. The molecule has 0 spiro atoms. The molecule has 88 valence electrons. The lowest BCUT2D eigenvalue weighted by atomic mass is 10.1. The average Bonchev–Trinajstić information content (AvgIpc) is 2.16. The summed E-state index contributed by atoms with van der Waals surface area (Å²) in [6.45, 7) is 5.92. The number of hydrogen-bond acceptors (Lipinski definition) is 1. The molecule has 0 radical (unpaired) electrons. The van der Waals surface area contributed by atoms with Gasteiger partial charge in [0.05, 0.1) is 0 Å². The monoisotopic (exact) mass is 347 g/mol. The zero-order valence-electron chi connectivity index (χ0n) is 9.55. The predicted molar refractivity (Wildman–Crippen MR) is 74.2 cm³/mol. The third-order valence-electron chi connectivity index (χ3n) is 2.48. The second kappa shape index (κ2) is 5.82. The van der Waals surface area contributed by atoms with Gasteiger partial charge in [-0.25, -0.2) is 0 Å². The Kier molecular flexibility index (Phi) is 4.99. The number of amides is 1. The minimum atomic E-state index is -0.0243. The standard InChI is InChI=1S/C12H15Br2NO/c1-7-6-10(14)4-5-11(7)12(16)15-9(3)8(2)13/h4-6,8-9H,1-3H3,(H,15,16)/t8-,9?/m0/s1. The summed E-state index contributed by atoms with van der Waals surface area (Å²) in [4.78, 5) is 12.2. The fraction of sp³-hybridized carbons (Fsp3) is 0.417. The van der Waals surface area contributed by atoms with Crippen molar-refractivity contribution in [3.63, 3.8) is 0 Å². The maximum atomic E-state index is 11.9. The van der Waals surface area contributed by atoms with Gasteiger partial charge in [0.15, 0.2) is 0 Å². The lowest BCUT2D eigenvalue weighted by molar-refractivity contribution is 0.0940. The first-order valence-electron chi connectivity index (χ1n) is 5.13. The summed E-state index contributed by atoms with van der Waals surface area (Å²) >= 11 is 6.83. The van der Waals surface area contributed by atoms with Crippen LogP contribution in [0, 0.1) is 6.92 Å². The Morgan fingerprint density at radius 3 is 2.50 bits per heavy atom. The molecule has 0 fully saturated rings. The van der Waals surface area contributed by atoms with Crippen LogP contribution in [0.4, 0.5) is 0 Å². The Bertz CT molecular complexity index is 391. The van der Waals surface area contributed by atoms with Crippen molar-refractivity contribution in [1.82, 2.24) is 5.32 Å². The zero-order chi connectivity index (χ0) is 12.3. The summed E-state index contributed by atoms with van der Waals surface area (Å²) in [5, 5.41) is 2.95. The number of benzene rings is 1. The molecule has 1 aromatic carbocycles. The first-order chi connectivity index (χ1) is 7.41. The fourth-order valence-electron chi connectivity index (χ4n) is 1.28. The zero-order valence-corrected chi connectivity index (χ0v) is 12.7. The summed E-state index contributed by atoms with van der Waals surface area (Å²) in [5.41, 5.74) is 1.70. The number of aryl methyl sites for hydroxylation is 1. The highest BCUT2D eigenvalue weighted by atomic mass is 79.9. The van der Waals surface area contributed by atoms with Crippen molar-refractivity contribution in [3.8, 4) is 0 Å². The van der Waals surface area contributed by atoms with Crippen LogP contribution in [0.3, 0.4) is 0 Å². The van der Waals surface area contributed by atoms with Gasteiger partial charge in [0, 0.05) is 20.9 Å². The van der Waals surface area contributed by atoms with E-state index in [1.807, 2.05) is 39.0 Å². The van der Waals surface area contributed by atoms with E-state index in [0.717, 1.165) is 15.6 Å². The van der Waals surface area contributed by atoms with Gasteiger partial charge in [-0.05, 0) is 37.6 Å². The van der Waals surface area contributed by atoms with E-state index < -0.39 is 0 Å². The largest absolute Gasteiger partial charge is 0.348 e. The molecule has 0 saturated carbocycles. The molecule has 1 aromatic rings. The van der Waals surface area contributed by atoms with Crippen LogP contribution in [0.1, 0.15) is 29.8 Å². The van der Waals surface area contributed by atoms with Crippen molar-refractivity contribution >= 4 is 37.8 Å². The summed E-state index contributed by atoms with van der Waals surface area (Å²) < 4.78 is 0.989. The van der Waals surface area contributed by atoms with Crippen LogP contribution in [0.5, 0.6) is 0 Å². The van der Waals surface area contributed by atoms with Gasteiger partial charge in [0.1, 0.15) is 0 Å². The van der Waals surface area contributed by atoms with Gasteiger partial charge in [0.25, 0.3) is 5.91 Å². The number of nitrogens with one attached hydrogen (secondary N) is 1. The first kappa shape index (κ1) is 13.7. The van der Waals surface area contributed by atoms with Crippen LogP contribution in [0.15, 0.2) is 22.7 Å². The quantitative estimate of drug-likeness (QED) is 0.830.